The molecule has 1 aliphatic rings. The molecular formula is C9H16O6. The van der Waals surface area contributed by atoms with Gasteiger partial charge in [-0.1, -0.05) is 0 Å². The minimum absolute atomic E-state index is 0.0541. The Bertz CT molecular complexity index is 229. The molecule has 2 unspecified atom stereocenters. The van der Waals surface area contributed by atoms with Crippen molar-refractivity contribution < 1.29 is 30.0 Å². The van der Waals surface area contributed by atoms with Crippen LogP contribution < -0.4 is 0 Å². The van der Waals surface area contributed by atoms with E-state index in [9.17, 15) is 20.1 Å². The average Bonchev–Trinajstić information content (AvgIpc) is 2.18. The number of carbonyl (C=O) groups is 1. The summed E-state index contributed by atoms with van der Waals surface area (Å²) >= 11 is 0. The van der Waals surface area contributed by atoms with Crippen LogP contribution in [-0.4, -0.2) is 63.3 Å². The summed E-state index contributed by atoms with van der Waals surface area (Å²) in [7, 11) is 0. The van der Waals surface area contributed by atoms with Crippen LogP contribution in [0.25, 0.3) is 0 Å². The van der Waals surface area contributed by atoms with E-state index in [1.807, 2.05) is 0 Å². The Morgan fingerprint density at radius 3 is 2.13 bits per heavy atom. The second kappa shape index (κ2) is 5.00. The van der Waals surface area contributed by atoms with Gasteiger partial charge in [-0.15, -0.1) is 0 Å². The Labute approximate surface area is 87.1 Å². The molecule has 0 bridgehead atoms. The molecule has 1 rings (SSSR count). The summed E-state index contributed by atoms with van der Waals surface area (Å²) in [6, 6.07) is 0. The maximum absolute atomic E-state index is 10.8. The van der Waals surface area contributed by atoms with Crippen LogP contribution in [-0.2, 0) is 9.53 Å². The van der Waals surface area contributed by atoms with Crippen LogP contribution in [0, 0.1) is 0 Å². The number of ketones is 1. The first-order valence-corrected chi connectivity index (χ1v) is 4.77. The molecule has 0 saturated carbocycles. The van der Waals surface area contributed by atoms with Crippen molar-refractivity contribution in [1.29, 1.82) is 0 Å². The Morgan fingerprint density at radius 1 is 1.13 bits per heavy atom. The van der Waals surface area contributed by atoms with Crippen LogP contribution >= 0.6 is 0 Å². The van der Waals surface area contributed by atoms with Gasteiger partial charge in [-0.3, -0.25) is 4.79 Å². The quantitative estimate of drug-likeness (QED) is 0.430. The second-order valence-corrected chi connectivity index (χ2v) is 3.77. The van der Waals surface area contributed by atoms with Crippen molar-refractivity contribution in [1.82, 2.24) is 0 Å². The molecule has 0 amide bonds. The molecule has 4 N–H and O–H groups in total. The standard InChI is InChI=1S/C9H16O6/c1-4(11)2-5-7(12)9(14)8(13)6(3-10)15-5/h5-10,12-14H,2-3H2,1H3/t5-,6?,7?,8-,9+/m0/s1. The number of aliphatic hydroxyl groups excluding tert-OH is 4. The lowest BCUT2D eigenvalue weighted by atomic mass is 9.93. The monoisotopic (exact) mass is 220 g/mol. The number of carbonyl (C=O) groups excluding carboxylic acids is 1. The van der Waals surface area contributed by atoms with Crippen molar-refractivity contribution in [3.05, 3.63) is 0 Å². The fraction of sp³-hybridized carbons (Fsp3) is 0.889. The smallest absolute Gasteiger partial charge is 0.132 e. The highest BCUT2D eigenvalue weighted by Gasteiger charge is 2.43. The molecule has 0 aromatic rings. The molecule has 1 saturated heterocycles. The van der Waals surface area contributed by atoms with Crippen molar-refractivity contribution in [3.63, 3.8) is 0 Å². The summed E-state index contributed by atoms with van der Waals surface area (Å²) in [6.07, 6.45) is -5.95. The van der Waals surface area contributed by atoms with E-state index in [0.29, 0.717) is 0 Å². The van der Waals surface area contributed by atoms with Gasteiger partial charge < -0.3 is 25.2 Å². The van der Waals surface area contributed by atoms with Crippen molar-refractivity contribution in [2.75, 3.05) is 6.61 Å². The number of hydrogen-bond acceptors (Lipinski definition) is 6. The summed E-state index contributed by atoms with van der Waals surface area (Å²) < 4.78 is 5.11. The van der Waals surface area contributed by atoms with Gasteiger partial charge in [-0.25, -0.2) is 0 Å². The normalized spacial score (nSPS) is 41.5. The highest BCUT2D eigenvalue weighted by Crippen LogP contribution is 2.23. The largest absolute Gasteiger partial charge is 0.394 e. The van der Waals surface area contributed by atoms with Crippen LogP contribution in [0.2, 0.25) is 0 Å². The van der Waals surface area contributed by atoms with Crippen LogP contribution in [0.4, 0.5) is 0 Å². The summed E-state index contributed by atoms with van der Waals surface area (Å²) in [5, 5.41) is 37.2. The predicted octanol–water partition coefficient (Wildman–Crippen LogP) is -2.19. The summed E-state index contributed by atoms with van der Waals surface area (Å²) in [4.78, 5) is 10.8. The van der Waals surface area contributed by atoms with Crippen LogP contribution in [0.5, 0.6) is 0 Å². The molecule has 1 aliphatic heterocycles. The molecule has 1 fully saturated rings. The SMILES string of the molecule is CC(=O)C[C@@H]1OC(CO)[C@H](O)[C@H](O)C1O. The van der Waals surface area contributed by atoms with Crippen molar-refractivity contribution >= 4 is 5.78 Å². The molecule has 0 aromatic heterocycles. The van der Waals surface area contributed by atoms with Crippen LogP contribution in [0.3, 0.4) is 0 Å². The van der Waals surface area contributed by atoms with E-state index < -0.39 is 37.1 Å². The topological polar surface area (TPSA) is 107 Å². The lowest BCUT2D eigenvalue weighted by molar-refractivity contribution is -0.229. The van der Waals surface area contributed by atoms with Gasteiger partial charge >= 0.3 is 0 Å². The Morgan fingerprint density at radius 2 is 1.67 bits per heavy atom. The summed E-state index contributed by atoms with van der Waals surface area (Å²) in [6.45, 7) is 0.862. The van der Waals surface area contributed by atoms with Gasteiger partial charge in [0.25, 0.3) is 0 Å². The van der Waals surface area contributed by atoms with E-state index in [0.717, 1.165) is 0 Å². The third-order valence-corrected chi connectivity index (χ3v) is 2.48. The number of ether oxygens (including phenoxy) is 1. The molecule has 1 heterocycles. The van der Waals surface area contributed by atoms with E-state index in [1.165, 1.54) is 6.92 Å². The third kappa shape index (κ3) is 2.73. The van der Waals surface area contributed by atoms with Crippen molar-refractivity contribution in [3.8, 4) is 0 Å². The lowest BCUT2D eigenvalue weighted by Crippen LogP contribution is -2.58. The van der Waals surface area contributed by atoms with E-state index in [2.05, 4.69) is 0 Å². The van der Waals surface area contributed by atoms with Crippen molar-refractivity contribution in [2.24, 2.45) is 0 Å². The highest BCUT2D eigenvalue weighted by atomic mass is 16.5. The highest BCUT2D eigenvalue weighted by molar-refractivity contribution is 5.76. The first kappa shape index (κ1) is 12.5. The Balaban J connectivity index is 2.69. The molecule has 6 heteroatoms. The van der Waals surface area contributed by atoms with E-state index in [-0.39, 0.29) is 12.2 Å². The minimum atomic E-state index is -1.40. The van der Waals surface area contributed by atoms with Gasteiger partial charge in [0.05, 0.1) is 12.7 Å². The number of rotatable bonds is 3. The van der Waals surface area contributed by atoms with E-state index in [1.54, 1.807) is 0 Å². The molecule has 6 nitrogen and oxygen atoms in total. The molecule has 5 atom stereocenters. The minimum Gasteiger partial charge on any atom is -0.394 e. The number of aliphatic hydroxyl groups is 4. The summed E-state index contributed by atoms with van der Waals surface area (Å²) in [5.41, 5.74) is 0. The second-order valence-electron chi connectivity index (χ2n) is 3.77. The van der Waals surface area contributed by atoms with Crippen LogP contribution in [0.15, 0.2) is 0 Å². The zero-order valence-corrected chi connectivity index (χ0v) is 8.41. The van der Waals surface area contributed by atoms with Gasteiger partial charge in [-0.05, 0) is 6.92 Å². The van der Waals surface area contributed by atoms with Gasteiger partial charge in [0.2, 0.25) is 0 Å². The van der Waals surface area contributed by atoms with Gasteiger partial charge in [0, 0.05) is 6.42 Å². The maximum Gasteiger partial charge on any atom is 0.132 e. The zero-order valence-electron chi connectivity index (χ0n) is 8.41. The van der Waals surface area contributed by atoms with Crippen molar-refractivity contribution in [2.45, 2.75) is 43.9 Å². The number of hydrogen-bond donors (Lipinski definition) is 4. The summed E-state index contributed by atoms with van der Waals surface area (Å²) in [5.74, 6) is -0.195. The fourth-order valence-corrected chi connectivity index (χ4v) is 1.63. The Hall–Kier alpha value is -0.530. The third-order valence-electron chi connectivity index (χ3n) is 2.48. The molecule has 0 spiro atoms. The molecule has 0 aromatic carbocycles. The maximum atomic E-state index is 10.8. The fourth-order valence-electron chi connectivity index (χ4n) is 1.63. The number of Topliss-reactive ketones (excluding diaryl/α,β-unsaturated/α-hetero) is 1. The van der Waals surface area contributed by atoms with Gasteiger partial charge in [0.15, 0.2) is 0 Å². The average molecular weight is 220 g/mol. The molecule has 88 valence electrons. The van der Waals surface area contributed by atoms with Gasteiger partial charge in [-0.2, -0.15) is 0 Å². The first-order valence-electron chi connectivity index (χ1n) is 4.77. The Kier molecular flexibility index (Phi) is 4.18. The molecule has 0 radical (unpaired) electrons. The van der Waals surface area contributed by atoms with E-state index in [4.69, 9.17) is 9.84 Å². The van der Waals surface area contributed by atoms with Crippen LogP contribution in [0.1, 0.15) is 13.3 Å². The predicted molar refractivity (Wildman–Crippen MR) is 49.1 cm³/mol. The first-order chi connectivity index (χ1) is 6.97. The van der Waals surface area contributed by atoms with Gasteiger partial charge in [0.1, 0.15) is 30.2 Å². The molecule has 0 aliphatic carbocycles. The molecular weight excluding hydrogens is 204 g/mol. The lowest BCUT2D eigenvalue weighted by Gasteiger charge is -2.39. The zero-order chi connectivity index (χ0) is 11.6. The van der Waals surface area contributed by atoms with E-state index >= 15 is 0 Å². The molecule has 15 heavy (non-hydrogen) atoms.